The summed E-state index contributed by atoms with van der Waals surface area (Å²) in [5.74, 6) is -11.5. The Morgan fingerprint density at radius 1 is 1.07 bits per heavy atom. The number of carbonyl (C=O) groups excluding carboxylic acids is 3. The minimum atomic E-state index is -5.08. The second kappa shape index (κ2) is 13.0. The van der Waals surface area contributed by atoms with Gasteiger partial charge in [0, 0.05) is 36.2 Å². The van der Waals surface area contributed by atoms with Crippen LogP contribution in [0.1, 0.15) is 56.9 Å². The number of hydrogen-bond donors (Lipinski definition) is 3. The Labute approximate surface area is 308 Å². The molecule has 4 N–H and O–H groups in total. The van der Waals surface area contributed by atoms with Gasteiger partial charge in [0.05, 0.1) is 28.5 Å². The van der Waals surface area contributed by atoms with Crippen LogP contribution in [-0.4, -0.2) is 57.1 Å². The van der Waals surface area contributed by atoms with Crippen molar-refractivity contribution in [3.05, 3.63) is 93.7 Å². The molecule has 11 nitrogen and oxygen atoms in total. The second-order valence-electron chi connectivity index (χ2n) is 13.5. The van der Waals surface area contributed by atoms with E-state index in [0.29, 0.717) is 33.7 Å². The van der Waals surface area contributed by atoms with Crippen LogP contribution in [0, 0.1) is 23.4 Å². The first-order chi connectivity index (χ1) is 26.0. The number of amides is 3. The van der Waals surface area contributed by atoms with E-state index in [4.69, 9.17) is 5.73 Å². The minimum Gasteiger partial charge on any atom is -0.366 e. The molecule has 3 aliphatic rings. The summed E-state index contributed by atoms with van der Waals surface area (Å²) < 4.78 is 117. The molecule has 3 amide bonds. The Morgan fingerprint density at radius 2 is 1.82 bits per heavy atom. The number of aromatic nitrogens is 4. The van der Waals surface area contributed by atoms with E-state index < -0.39 is 94.7 Å². The van der Waals surface area contributed by atoms with Gasteiger partial charge in [-0.05, 0) is 60.2 Å². The van der Waals surface area contributed by atoms with Crippen molar-refractivity contribution in [1.29, 1.82) is 0 Å². The lowest BCUT2D eigenvalue weighted by molar-refractivity contribution is -0.142. The van der Waals surface area contributed by atoms with Crippen LogP contribution in [0.25, 0.3) is 21.5 Å². The average molecular weight is 791 g/mol. The third-order valence-corrected chi connectivity index (χ3v) is 10.8. The van der Waals surface area contributed by atoms with Gasteiger partial charge in [-0.2, -0.15) is 32.0 Å². The molecule has 3 aromatic heterocycles. The highest BCUT2D eigenvalue weighted by Gasteiger charge is 2.68. The average Bonchev–Trinajstić information content (AvgIpc) is 3.55. The molecule has 2 aliphatic carbocycles. The van der Waals surface area contributed by atoms with Crippen LogP contribution in [-0.2, 0) is 34.7 Å². The van der Waals surface area contributed by atoms with E-state index in [-0.39, 0.29) is 46.9 Å². The van der Waals surface area contributed by atoms with Crippen molar-refractivity contribution < 1.29 is 49.5 Å². The third-order valence-electron chi connectivity index (χ3n) is 9.77. The number of anilines is 1. The van der Waals surface area contributed by atoms with Crippen LogP contribution in [0.15, 0.2) is 42.5 Å². The molecule has 0 bridgehead atoms. The number of fused-ring (bicyclic) bond motifs is 4. The fraction of sp³-hybridized carbons (Fsp3) is 0.314. The minimum absolute atomic E-state index is 0.0168. The second-order valence-corrected chi connectivity index (χ2v) is 14.5. The number of alkyl halides is 5. The number of nitrogens with one attached hydrogen (secondary N) is 2. The van der Waals surface area contributed by atoms with E-state index in [2.05, 4.69) is 25.7 Å². The van der Waals surface area contributed by atoms with Gasteiger partial charge in [-0.3, -0.25) is 19.1 Å². The lowest BCUT2D eigenvalue weighted by atomic mass is 9.94. The number of hydrogen-bond acceptors (Lipinski definition) is 8. The van der Waals surface area contributed by atoms with Crippen LogP contribution in [0.4, 0.5) is 40.3 Å². The molecule has 2 fully saturated rings. The van der Waals surface area contributed by atoms with Crippen molar-refractivity contribution in [2.24, 2.45) is 11.7 Å². The largest absolute Gasteiger partial charge is 0.435 e. The predicted octanol–water partition coefficient (Wildman–Crippen LogP) is 5.34. The molecule has 1 aliphatic heterocycles. The van der Waals surface area contributed by atoms with E-state index >= 15 is 8.78 Å². The highest BCUT2D eigenvalue weighted by atomic mass is 32.1. The number of pyridine rings is 1. The quantitative estimate of drug-likeness (QED) is 0.171. The SMILES string of the molecule is NC(=O)c1cc(-c2cc3sc(N4CCNC(=O)C4)nc3nc2[C@H](Cc2cc(F)cc(F)c2)NC(=O)Cn2nc(C(F)(F)F)c3c2C(F)(F)[C@@H]2CC32)ccc1F. The third kappa shape index (κ3) is 6.61. The first-order valence-corrected chi connectivity index (χ1v) is 17.5. The summed E-state index contributed by atoms with van der Waals surface area (Å²) in [5.41, 5.74) is 2.05. The van der Waals surface area contributed by atoms with E-state index in [1.165, 1.54) is 6.07 Å². The summed E-state index contributed by atoms with van der Waals surface area (Å²) in [5, 5.41) is 9.07. The number of benzene rings is 2. The van der Waals surface area contributed by atoms with Crippen molar-refractivity contribution in [3.63, 3.8) is 0 Å². The molecular weight excluding hydrogens is 764 g/mol. The Morgan fingerprint density at radius 3 is 2.51 bits per heavy atom. The topological polar surface area (TPSA) is 148 Å². The molecule has 5 aromatic rings. The summed E-state index contributed by atoms with van der Waals surface area (Å²) in [7, 11) is 0. The van der Waals surface area contributed by atoms with E-state index in [0.717, 1.165) is 35.6 Å². The summed E-state index contributed by atoms with van der Waals surface area (Å²) in [4.78, 5) is 49.0. The molecule has 2 aromatic carbocycles. The summed E-state index contributed by atoms with van der Waals surface area (Å²) in [6.07, 6.45) is -5.65. The standard InChI is InChI=1S/C35H26F8N8O3S/c36-16-5-14(6-17(37)9-16)7-23(46-26(53)13-51-30-27(29(49-51)35(41,42)43)19-10-21(19)34(30,39)40)28-18(15-1-2-22(38)20(8-15)31(44)54)11-24-32(47-28)48-33(55-24)50-4-3-45-25(52)12-50/h1-2,5-6,8-9,11,19,21,23H,3-4,7,10,12-13H2,(H2,44,54)(H,45,52)(H,46,53)/t19?,21-,23+/m1/s1. The zero-order valence-corrected chi connectivity index (χ0v) is 28.8. The molecule has 0 radical (unpaired) electrons. The number of primary amides is 1. The summed E-state index contributed by atoms with van der Waals surface area (Å²) in [6.45, 7) is -0.376. The van der Waals surface area contributed by atoms with Gasteiger partial charge in [0.15, 0.2) is 16.5 Å². The zero-order chi connectivity index (χ0) is 39.1. The van der Waals surface area contributed by atoms with E-state index in [9.17, 15) is 40.7 Å². The predicted molar refractivity (Wildman–Crippen MR) is 179 cm³/mol. The van der Waals surface area contributed by atoms with Crippen molar-refractivity contribution in [2.75, 3.05) is 24.5 Å². The molecule has 55 heavy (non-hydrogen) atoms. The van der Waals surface area contributed by atoms with Crippen molar-refractivity contribution in [2.45, 2.75) is 43.4 Å². The zero-order valence-electron chi connectivity index (χ0n) is 28.0. The van der Waals surface area contributed by atoms with E-state index in [1.807, 2.05) is 0 Å². The van der Waals surface area contributed by atoms with Crippen LogP contribution in [0.2, 0.25) is 0 Å². The molecule has 286 valence electrons. The maximum atomic E-state index is 15.3. The molecular formula is C35H26F8N8O3S. The number of carbonyl (C=O) groups is 3. The smallest absolute Gasteiger partial charge is 0.366 e. The first kappa shape index (κ1) is 36.3. The lowest BCUT2D eigenvalue weighted by Crippen LogP contribution is -2.47. The maximum Gasteiger partial charge on any atom is 0.435 e. The maximum absolute atomic E-state index is 15.3. The number of halogens is 8. The van der Waals surface area contributed by atoms with Gasteiger partial charge < -0.3 is 21.3 Å². The Kier molecular flexibility index (Phi) is 8.58. The van der Waals surface area contributed by atoms with Crippen LogP contribution in [0.5, 0.6) is 0 Å². The Balaban J connectivity index is 1.24. The van der Waals surface area contributed by atoms with Crippen LogP contribution < -0.4 is 21.3 Å². The summed E-state index contributed by atoms with van der Waals surface area (Å²) >= 11 is 1.14. The number of nitrogens with two attached hydrogens (primary N) is 1. The Hall–Kier alpha value is -5.66. The van der Waals surface area contributed by atoms with Crippen LogP contribution in [0.3, 0.4) is 0 Å². The molecule has 1 saturated carbocycles. The van der Waals surface area contributed by atoms with Gasteiger partial charge >= 0.3 is 6.18 Å². The van der Waals surface area contributed by atoms with Gasteiger partial charge in [-0.15, -0.1) is 0 Å². The highest BCUT2D eigenvalue weighted by Crippen LogP contribution is 2.68. The fourth-order valence-electron chi connectivity index (χ4n) is 7.33. The summed E-state index contributed by atoms with van der Waals surface area (Å²) in [6, 6.07) is 6.06. The Bertz CT molecular complexity index is 2410. The molecule has 1 unspecified atom stereocenters. The van der Waals surface area contributed by atoms with E-state index in [1.54, 1.807) is 11.0 Å². The van der Waals surface area contributed by atoms with Gasteiger partial charge in [0.1, 0.15) is 29.7 Å². The fourth-order valence-corrected chi connectivity index (χ4v) is 8.30. The van der Waals surface area contributed by atoms with Crippen molar-refractivity contribution in [1.82, 2.24) is 30.4 Å². The van der Waals surface area contributed by atoms with Gasteiger partial charge in [-0.1, -0.05) is 17.4 Å². The van der Waals surface area contributed by atoms with Crippen molar-refractivity contribution >= 4 is 44.5 Å². The number of rotatable bonds is 9. The molecule has 3 atom stereocenters. The molecule has 0 spiro atoms. The normalized spacial score (nSPS) is 19.2. The van der Waals surface area contributed by atoms with Gasteiger partial charge in [-0.25, -0.2) is 18.2 Å². The van der Waals surface area contributed by atoms with Gasteiger partial charge in [0.2, 0.25) is 11.8 Å². The number of nitrogens with zero attached hydrogens (tertiary/aromatic N) is 5. The highest BCUT2D eigenvalue weighted by molar-refractivity contribution is 7.22. The molecule has 4 heterocycles. The molecule has 8 rings (SSSR count). The monoisotopic (exact) mass is 790 g/mol. The van der Waals surface area contributed by atoms with Gasteiger partial charge in [0.25, 0.3) is 11.8 Å². The number of thiazole rings is 1. The lowest BCUT2D eigenvalue weighted by Gasteiger charge is -2.25. The first-order valence-electron chi connectivity index (χ1n) is 16.7. The van der Waals surface area contributed by atoms with Crippen LogP contribution >= 0.6 is 11.3 Å². The molecule has 20 heteroatoms. The number of piperazine rings is 1. The van der Waals surface area contributed by atoms with Crippen molar-refractivity contribution in [3.8, 4) is 11.1 Å². The molecule has 1 saturated heterocycles.